The van der Waals surface area contributed by atoms with Crippen LogP contribution in [0.4, 0.5) is 0 Å². The third-order valence-corrected chi connectivity index (χ3v) is 3.36. The average molecular weight is 300 g/mol. The maximum atomic E-state index is 11.8. The van der Waals surface area contributed by atoms with Gasteiger partial charge in [-0.3, -0.25) is 9.69 Å². The van der Waals surface area contributed by atoms with Crippen molar-refractivity contribution in [1.82, 2.24) is 14.6 Å². The summed E-state index contributed by atoms with van der Waals surface area (Å²) < 4.78 is 6.82. The molecule has 6 nitrogen and oxygen atoms in total. The van der Waals surface area contributed by atoms with E-state index in [-0.39, 0.29) is 12.5 Å². The van der Waals surface area contributed by atoms with Crippen LogP contribution in [0.5, 0.6) is 0 Å². The van der Waals surface area contributed by atoms with Gasteiger partial charge in [0.15, 0.2) is 0 Å². The van der Waals surface area contributed by atoms with Crippen molar-refractivity contribution in [1.29, 1.82) is 5.26 Å². The zero-order chi connectivity index (χ0) is 15.9. The number of fused-ring (bicyclic) bond motifs is 1. The van der Waals surface area contributed by atoms with Gasteiger partial charge in [0.1, 0.15) is 6.07 Å². The lowest BCUT2D eigenvalue weighted by atomic mass is 10.1. The predicted octanol–water partition coefficient (Wildman–Crippen LogP) is 1.01. The average Bonchev–Trinajstić information content (AvgIpc) is 2.84. The smallest absolute Gasteiger partial charge is 0.234 e. The van der Waals surface area contributed by atoms with E-state index in [9.17, 15) is 10.1 Å². The number of rotatable bonds is 7. The van der Waals surface area contributed by atoms with Crippen LogP contribution in [0.25, 0.3) is 5.52 Å². The van der Waals surface area contributed by atoms with Crippen LogP contribution in [0, 0.1) is 11.3 Å². The van der Waals surface area contributed by atoms with E-state index >= 15 is 0 Å². The van der Waals surface area contributed by atoms with Crippen molar-refractivity contribution in [2.45, 2.75) is 6.54 Å². The van der Waals surface area contributed by atoms with Crippen molar-refractivity contribution in [3.63, 3.8) is 0 Å². The van der Waals surface area contributed by atoms with Crippen LogP contribution < -0.4 is 5.32 Å². The highest BCUT2D eigenvalue weighted by Gasteiger charge is 2.13. The quantitative estimate of drug-likeness (QED) is 0.775. The fourth-order valence-electron chi connectivity index (χ4n) is 2.37. The third kappa shape index (κ3) is 3.85. The molecule has 6 heteroatoms. The molecule has 0 radical (unpaired) electrons. The topological polar surface area (TPSA) is 69.8 Å². The number of nitrogens with one attached hydrogen (secondary N) is 1. The Kier molecular flexibility index (Phi) is 5.53. The molecule has 0 atom stereocenters. The Balaban J connectivity index is 2.01. The van der Waals surface area contributed by atoms with Crippen LogP contribution in [0.3, 0.4) is 0 Å². The lowest BCUT2D eigenvalue weighted by Gasteiger charge is -2.15. The molecule has 0 aliphatic carbocycles. The second kappa shape index (κ2) is 7.59. The zero-order valence-electron chi connectivity index (χ0n) is 12.9. The number of pyridine rings is 1. The largest absolute Gasteiger partial charge is 0.383 e. The second-order valence-electron chi connectivity index (χ2n) is 5.15. The molecule has 0 aliphatic heterocycles. The number of carbonyl (C=O) groups excluding carboxylic acids is 1. The number of hydrogen-bond acceptors (Lipinski definition) is 4. The Morgan fingerprint density at radius 1 is 1.50 bits per heavy atom. The van der Waals surface area contributed by atoms with Gasteiger partial charge < -0.3 is 14.5 Å². The molecule has 0 unspecified atom stereocenters. The van der Waals surface area contributed by atoms with E-state index in [0.29, 0.717) is 25.3 Å². The highest BCUT2D eigenvalue weighted by atomic mass is 16.5. The monoisotopic (exact) mass is 300 g/mol. The molecule has 0 aromatic carbocycles. The number of hydrogen-bond donors (Lipinski definition) is 1. The van der Waals surface area contributed by atoms with Gasteiger partial charge in [-0.15, -0.1) is 0 Å². The van der Waals surface area contributed by atoms with Crippen molar-refractivity contribution in [3.8, 4) is 6.07 Å². The van der Waals surface area contributed by atoms with E-state index in [1.54, 1.807) is 7.11 Å². The van der Waals surface area contributed by atoms with Crippen molar-refractivity contribution >= 4 is 11.4 Å². The van der Waals surface area contributed by atoms with E-state index in [1.807, 2.05) is 46.9 Å². The second-order valence-corrected chi connectivity index (χ2v) is 5.15. The van der Waals surface area contributed by atoms with E-state index in [4.69, 9.17) is 4.74 Å². The summed E-state index contributed by atoms with van der Waals surface area (Å²) in [6.07, 6.45) is 3.85. The van der Waals surface area contributed by atoms with Gasteiger partial charge in [0.2, 0.25) is 5.91 Å². The molecule has 0 spiro atoms. The van der Waals surface area contributed by atoms with Gasteiger partial charge in [0.25, 0.3) is 0 Å². The van der Waals surface area contributed by atoms with Gasteiger partial charge in [-0.25, -0.2) is 0 Å². The molecule has 0 aliphatic rings. The molecule has 2 heterocycles. The predicted molar refractivity (Wildman–Crippen MR) is 83.3 cm³/mol. The molecule has 22 heavy (non-hydrogen) atoms. The Morgan fingerprint density at radius 3 is 3.05 bits per heavy atom. The molecule has 0 bridgehead atoms. The Morgan fingerprint density at radius 2 is 2.32 bits per heavy atom. The molecule has 2 aromatic heterocycles. The first-order valence-corrected chi connectivity index (χ1v) is 7.08. The van der Waals surface area contributed by atoms with Crippen LogP contribution in [0.2, 0.25) is 0 Å². The summed E-state index contributed by atoms with van der Waals surface area (Å²) in [5.41, 5.74) is 2.46. The number of nitriles is 1. The van der Waals surface area contributed by atoms with Gasteiger partial charge in [-0.05, 0) is 19.2 Å². The Labute approximate surface area is 129 Å². The highest BCUT2D eigenvalue weighted by molar-refractivity contribution is 5.78. The summed E-state index contributed by atoms with van der Waals surface area (Å²) in [5, 5.41) is 12.1. The summed E-state index contributed by atoms with van der Waals surface area (Å²) in [6.45, 7) is 1.82. The minimum Gasteiger partial charge on any atom is -0.383 e. The van der Waals surface area contributed by atoms with Gasteiger partial charge in [0.05, 0.1) is 24.2 Å². The molecule has 0 fully saturated rings. The summed E-state index contributed by atoms with van der Waals surface area (Å²) in [7, 11) is 3.46. The minimum absolute atomic E-state index is 0.0539. The maximum absolute atomic E-state index is 11.8. The van der Waals surface area contributed by atoms with Crippen LogP contribution in [-0.4, -0.2) is 49.1 Å². The number of ether oxygens (including phenoxy) is 1. The molecule has 2 rings (SSSR count). The first-order valence-electron chi connectivity index (χ1n) is 7.08. The Hall–Kier alpha value is -2.36. The molecular weight excluding hydrogens is 280 g/mol. The normalized spacial score (nSPS) is 10.8. The SMILES string of the molecule is COCCNC(=O)CN(C)Cc1cn2ccccc2c1C#N. The molecule has 0 saturated heterocycles. The first-order chi connectivity index (χ1) is 10.7. The number of methoxy groups -OCH3 is 1. The molecule has 1 amide bonds. The van der Waals surface area contributed by atoms with Crippen LogP contribution in [0.15, 0.2) is 30.6 Å². The fraction of sp³-hybridized carbons (Fsp3) is 0.375. The summed E-state index contributed by atoms with van der Waals surface area (Å²) >= 11 is 0. The summed E-state index contributed by atoms with van der Waals surface area (Å²) in [6, 6.07) is 8.00. The van der Waals surface area contributed by atoms with Gasteiger partial charge in [-0.2, -0.15) is 5.26 Å². The van der Waals surface area contributed by atoms with Crippen LogP contribution >= 0.6 is 0 Å². The fourth-order valence-corrected chi connectivity index (χ4v) is 2.37. The molecular formula is C16H20N4O2. The van der Waals surface area contributed by atoms with E-state index in [1.165, 1.54) is 0 Å². The maximum Gasteiger partial charge on any atom is 0.234 e. The third-order valence-electron chi connectivity index (χ3n) is 3.36. The molecule has 2 aromatic rings. The van der Waals surface area contributed by atoms with Crippen molar-refractivity contribution in [3.05, 3.63) is 41.7 Å². The van der Waals surface area contributed by atoms with Crippen molar-refractivity contribution in [2.24, 2.45) is 0 Å². The number of nitrogens with zero attached hydrogens (tertiary/aromatic N) is 3. The standard InChI is InChI=1S/C16H20N4O2/c1-19(12-16(21)18-6-8-22-2)10-13-11-20-7-4-3-5-15(20)14(13)9-17/h3-5,7,11H,6,8,10,12H2,1-2H3,(H,18,21). The highest BCUT2D eigenvalue weighted by Crippen LogP contribution is 2.18. The van der Waals surface area contributed by atoms with E-state index in [0.717, 1.165) is 11.1 Å². The lowest BCUT2D eigenvalue weighted by Crippen LogP contribution is -2.36. The van der Waals surface area contributed by atoms with E-state index < -0.39 is 0 Å². The number of aromatic nitrogens is 1. The Bertz CT molecular complexity index is 687. The number of likely N-dealkylation sites (N-methyl/N-ethyl adjacent to an activating group) is 1. The summed E-state index contributed by atoms with van der Waals surface area (Å²) in [4.78, 5) is 13.7. The summed E-state index contributed by atoms with van der Waals surface area (Å²) in [5.74, 6) is -0.0539. The number of amides is 1. The van der Waals surface area contributed by atoms with Gasteiger partial charge in [-0.1, -0.05) is 6.07 Å². The minimum atomic E-state index is -0.0539. The van der Waals surface area contributed by atoms with Gasteiger partial charge >= 0.3 is 0 Å². The first kappa shape index (κ1) is 16.0. The van der Waals surface area contributed by atoms with Crippen LogP contribution in [0.1, 0.15) is 11.1 Å². The molecule has 0 saturated carbocycles. The van der Waals surface area contributed by atoms with Crippen molar-refractivity contribution < 1.29 is 9.53 Å². The van der Waals surface area contributed by atoms with Crippen LogP contribution in [-0.2, 0) is 16.1 Å². The number of carbonyl (C=O) groups is 1. The van der Waals surface area contributed by atoms with E-state index in [2.05, 4.69) is 11.4 Å². The van der Waals surface area contributed by atoms with Gasteiger partial charge in [0, 0.05) is 38.2 Å². The molecule has 116 valence electrons. The zero-order valence-corrected chi connectivity index (χ0v) is 12.9. The lowest BCUT2D eigenvalue weighted by molar-refractivity contribution is -0.122. The van der Waals surface area contributed by atoms with Crippen molar-refractivity contribution in [2.75, 3.05) is 33.9 Å². The molecule has 1 N–H and O–H groups in total.